The van der Waals surface area contributed by atoms with Crippen LogP contribution in [-0.4, -0.2) is 52.9 Å². The molecule has 22 heavy (non-hydrogen) atoms. The molecule has 1 aromatic rings. The third-order valence-corrected chi connectivity index (χ3v) is 4.68. The summed E-state index contributed by atoms with van der Waals surface area (Å²) in [6.45, 7) is 0.983. The molecule has 0 saturated carbocycles. The Morgan fingerprint density at radius 3 is 2.86 bits per heavy atom. The van der Waals surface area contributed by atoms with Gasteiger partial charge in [-0.05, 0) is 30.5 Å². The van der Waals surface area contributed by atoms with E-state index in [1.807, 2.05) is 0 Å². The van der Waals surface area contributed by atoms with E-state index in [4.69, 9.17) is 0 Å². The highest BCUT2D eigenvalue weighted by Gasteiger charge is 2.39. The summed E-state index contributed by atoms with van der Waals surface area (Å²) in [5.74, 6) is -1.26. The zero-order valence-corrected chi connectivity index (χ0v) is 12.5. The van der Waals surface area contributed by atoms with Crippen LogP contribution in [0.25, 0.3) is 0 Å². The summed E-state index contributed by atoms with van der Waals surface area (Å²) in [4.78, 5) is 28.1. The molecule has 1 aromatic carbocycles. The number of piperidine rings is 1. The predicted molar refractivity (Wildman–Crippen MR) is 77.6 cm³/mol. The van der Waals surface area contributed by atoms with E-state index in [0.717, 1.165) is 12.8 Å². The van der Waals surface area contributed by atoms with Gasteiger partial charge >= 0.3 is 0 Å². The molecule has 0 aromatic heterocycles. The molecule has 2 atom stereocenters. The number of hydrogen-bond donors (Lipinski definition) is 1. The van der Waals surface area contributed by atoms with Gasteiger partial charge in [-0.2, -0.15) is 0 Å². The van der Waals surface area contributed by atoms with Gasteiger partial charge in [0.15, 0.2) is 11.6 Å². The normalized spacial score (nSPS) is 24.5. The van der Waals surface area contributed by atoms with Gasteiger partial charge in [-0.3, -0.25) is 9.59 Å². The zero-order valence-electron chi connectivity index (χ0n) is 12.5. The number of fused-ring (bicyclic) bond motifs is 4. The number of benzene rings is 1. The maximum atomic E-state index is 13.3. The number of carbonyl (C=O) groups is 2. The van der Waals surface area contributed by atoms with Gasteiger partial charge in [-0.1, -0.05) is 6.07 Å². The van der Waals surface area contributed by atoms with Crippen molar-refractivity contribution in [2.24, 2.45) is 5.92 Å². The number of hydrogen-bond acceptors (Lipinski definition) is 3. The number of carbonyl (C=O) groups excluding carboxylic acids is 2. The summed E-state index contributed by atoms with van der Waals surface area (Å²) in [7, 11) is 1.79. The average molecular weight is 306 g/mol. The molecule has 0 spiro atoms. The van der Waals surface area contributed by atoms with Gasteiger partial charge in [0.2, 0.25) is 11.8 Å². The van der Waals surface area contributed by atoms with E-state index in [2.05, 4.69) is 0 Å². The number of phenols is 1. The first-order valence-corrected chi connectivity index (χ1v) is 7.47. The minimum Gasteiger partial charge on any atom is -0.505 e. The molecule has 3 saturated heterocycles. The van der Waals surface area contributed by atoms with E-state index in [-0.39, 0.29) is 30.2 Å². The van der Waals surface area contributed by atoms with Crippen molar-refractivity contribution < 1.29 is 19.1 Å². The van der Waals surface area contributed by atoms with Crippen LogP contribution in [0.2, 0.25) is 0 Å². The molecule has 5 nitrogen and oxygen atoms in total. The Kier molecular flexibility index (Phi) is 3.76. The Labute approximate surface area is 128 Å². The van der Waals surface area contributed by atoms with Gasteiger partial charge in [0, 0.05) is 26.2 Å². The first-order valence-electron chi connectivity index (χ1n) is 7.47. The summed E-state index contributed by atoms with van der Waals surface area (Å²) in [5.41, 5.74) is 0.525. The lowest BCUT2D eigenvalue weighted by Crippen LogP contribution is -2.45. The van der Waals surface area contributed by atoms with Gasteiger partial charge in [0.25, 0.3) is 0 Å². The molecule has 2 amide bonds. The summed E-state index contributed by atoms with van der Waals surface area (Å²) in [6, 6.07) is 4.05. The van der Waals surface area contributed by atoms with Crippen molar-refractivity contribution in [2.45, 2.75) is 25.3 Å². The third kappa shape index (κ3) is 2.65. The molecule has 3 fully saturated rings. The minimum absolute atomic E-state index is 0.0757. The van der Waals surface area contributed by atoms with Crippen LogP contribution in [0.1, 0.15) is 18.4 Å². The number of halogens is 1. The SMILES string of the molecule is CN1C(=O)[C@@H]2CC[C@H]1CN(C(=O)Cc1ccc(O)c(F)c1)C2. The van der Waals surface area contributed by atoms with E-state index >= 15 is 0 Å². The summed E-state index contributed by atoms with van der Waals surface area (Å²) >= 11 is 0. The molecule has 3 heterocycles. The molecular weight excluding hydrogens is 287 g/mol. The lowest BCUT2D eigenvalue weighted by molar-refractivity contribution is -0.138. The number of likely N-dealkylation sites (N-methyl/N-ethyl adjacent to an activating group) is 1. The Morgan fingerprint density at radius 1 is 1.36 bits per heavy atom. The fourth-order valence-electron chi connectivity index (χ4n) is 3.31. The van der Waals surface area contributed by atoms with Gasteiger partial charge < -0.3 is 14.9 Å². The molecule has 3 aliphatic heterocycles. The fourth-order valence-corrected chi connectivity index (χ4v) is 3.31. The van der Waals surface area contributed by atoms with Crippen molar-refractivity contribution in [2.75, 3.05) is 20.1 Å². The number of phenolic OH excluding ortho intramolecular Hbond substituents is 1. The molecule has 0 aliphatic carbocycles. The van der Waals surface area contributed by atoms with Gasteiger partial charge in [-0.25, -0.2) is 4.39 Å². The van der Waals surface area contributed by atoms with Crippen LogP contribution in [-0.2, 0) is 16.0 Å². The molecule has 118 valence electrons. The maximum absolute atomic E-state index is 13.3. The number of aromatic hydroxyl groups is 1. The maximum Gasteiger partial charge on any atom is 0.227 e. The molecule has 6 heteroatoms. The first-order chi connectivity index (χ1) is 10.5. The number of rotatable bonds is 2. The van der Waals surface area contributed by atoms with Crippen molar-refractivity contribution in [3.8, 4) is 5.75 Å². The highest BCUT2D eigenvalue weighted by Crippen LogP contribution is 2.28. The van der Waals surface area contributed by atoms with Crippen LogP contribution < -0.4 is 0 Å². The number of nitrogens with zero attached hydrogens (tertiary/aromatic N) is 2. The summed E-state index contributed by atoms with van der Waals surface area (Å²) in [6.07, 6.45) is 1.82. The van der Waals surface area contributed by atoms with E-state index in [1.54, 1.807) is 22.9 Å². The Bertz CT molecular complexity index is 619. The monoisotopic (exact) mass is 306 g/mol. The van der Waals surface area contributed by atoms with Crippen molar-refractivity contribution >= 4 is 11.8 Å². The lowest BCUT2D eigenvalue weighted by atomic mass is 9.95. The Hall–Kier alpha value is -2.11. The Balaban J connectivity index is 1.72. The van der Waals surface area contributed by atoms with Crippen molar-refractivity contribution in [3.63, 3.8) is 0 Å². The van der Waals surface area contributed by atoms with Crippen molar-refractivity contribution in [1.29, 1.82) is 0 Å². The van der Waals surface area contributed by atoms with Crippen LogP contribution in [0.4, 0.5) is 4.39 Å². The zero-order chi connectivity index (χ0) is 15.9. The molecular formula is C16H19FN2O3. The molecule has 4 rings (SSSR count). The molecule has 0 unspecified atom stereocenters. The third-order valence-electron chi connectivity index (χ3n) is 4.68. The standard InChI is InChI=1S/C16H19FN2O3/c1-18-12-4-3-11(16(18)22)8-19(9-12)15(21)7-10-2-5-14(20)13(17)6-10/h2,5-6,11-12,20H,3-4,7-9H2,1H3/t11-,12+/m1/s1. The van der Waals surface area contributed by atoms with Gasteiger partial charge in [0.05, 0.1) is 12.3 Å². The van der Waals surface area contributed by atoms with Crippen LogP contribution in [0, 0.1) is 11.7 Å². The summed E-state index contributed by atoms with van der Waals surface area (Å²) < 4.78 is 13.3. The van der Waals surface area contributed by atoms with E-state index in [0.29, 0.717) is 18.7 Å². The van der Waals surface area contributed by atoms with Crippen molar-refractivity contribution in [1.82, 2.24) is 9.80 Å². The largest absolute Gasteiger partial charge is 0.505 e. The molecule has 1 N–H and O–H groups in total. The Morgan fingerprint density at radius 2 is 2.14 bits per heavy atom. The first kappa shape index (κ1) is 14.8. The van der Waals surface area contributed by atoms with Crippen LogP contribution >= 0.6 is 0 Å². The minimum atomic E-state index is -0.726. The highest BCUT2D eigenvalue weighted by atomic mass is 19.1. The second-order valence-corrected chi connectivity index (χ2v) is 6.14. The van der Waals surface area contributed by atoms with Gasteiger partial charge in [-0.15, -0.1) is 0 Å². The molecule has 3 aliphatic rings. The quantitative estimate of drug-likeness (QED) is 0.892. The van der Waals surface area contributed by atoms with Crippen molar-refractivity contribution in [3.05, 3.63) is 29.6 Å². The molecule has 0 radical (unpaired) electrons. The summed E-state index contributed by atoms with van der Waals surface area (Å²) in [5, 5.41) is 9.19. The van der Waals surface area contributed by atoms with E-state index < -0.39 is 11.6 Å². The predicted octanol–water partition coefficient (Wildman–Crippen LogP) is 1.15. The lowest BCUT2D eigenvalue weighted by Gasteiger charge is -2.32. The second kappa shape index (κ2) is 5.59. The topological polar surface area (TPSA) is 60.9 Å². The highest BCUT2D eigenvalue weighted by molar-refractivity contribution is 5.83. The average Bonchev–Trinajstić information content (AvgIpc) is 2.77. The van der Waals surface area contributed by atoms with E-state index in [9.17, 15) is 19.1 Å². The van der Waals surface area contributed by atoms with Gasteiger partial charge in [0.1, 0.15) is 0 Å². The molecule has 2 bridgehead atoms. The second-order valence-electron chi connectivity index (χ2n) is 6.14. The number of amides is 2. The smallest absolute Gasteiger partial charge is 0.227 e. The van der Waals surface area contributed by atoms with Crippen LogP contribution in [0.15, 0.2) is 18.2 Å². The van der Waals surface area contributed by atoms with Crippen LogP contribution in [0.5, 0.6) is 5.75 Å². The fraction of sp³-hybridized carbons (Fsp3) is 0.500. The van der Waals surface area contributed by atoms with Crippen LogP contribution in [0.3, 0.4) is 0 Å². The van der Waals surface area contributed by atoms with E-state index in [1.165, 1.54) is 12.1 Å².